The lowest BCUT2D eigenvalue weighted by Crippen LogP contribution is -2.58. The molecule has 7 nitrogen and oxygen atoms in total. The van der Waals surface area contributed by atoms with Crippen LogP contribution < -0.4 is 10.6 Å². The Kier molecular flexibility index (Phi) is 5.41. The molecular weight excluding hydrogens is 238 g/mol. The number of unbranched alkanes of at least 4 members (excludes halogenated alkanes) is 1. The zero-order valence-electron chi connectivity index (χ0n) is 10.4. The fourth-order valence-electron chi connectivity index (χ4n) is 1.76. The normalized spacial score (nSPS) is 19.3. The maximum Gasteiger partial charge on any atom is 0.318 e. The molecule has 3 amide bonds. The molecule has 0 spiro atoms. The summed E-state index contributed by atoms with van der Waals surface area (Å²) in [6, 6.07) is -0.731. The van der Waals surface area contributed by atoms with E-state index >= 15 is 0 Å². The maximum atomic E-state index is 11.8. The topological polar surface area (TPSA) is 98.7 Å². The van der Waals surface area contributed by atoms with Crippen molar-refractivity contribution < 1.29 is 19.5 Å². The molecule has 1 heterocycles. The maximum absolute atomic E-state index is 11.8. The van der Waals surface area contributed by atoms with Gasteiger partial charge < -0.3 is 20.6 Å². The van der Waals surface area contributed by atoms with Gasteiger partial charge in [0.25, 0.3) is 0 Å². The molecule has 1 atom stereocenters. The number of amides is 3. The average molecular weight is 257 g/mol. The summed E-state index contributed by atoms with van der Waals surface area (Å²) >= 11 is 0. The third kappa shape index (κ3) is 4.23. The van der Waals surface area contributed by atoms with Crippen molar-refractivity contribution in [1.29, 1.82) is 0 Å². The Bertz CT molecular complexity index is 332. The fourth-order valence-corrected chi connectivity index (χ4v) is 1.76. The Labute approximate surface area is 106 Å². The van der Waals surface area contributed by atoms with E-state index in [9.17, 15) is 14.4 Å². The van der Waals surface area contributed by atoms with Gasteiger partial charge in [-0.05, 0) is 19.8 Å². The smallest absolute Gasteiger partial charge is 0.318 e. The van der Waals surface area contributed by atoms with Crippen molar-refractivity contribution in [3.05, 3.63) is 0 Å². The van der Waals surface area contributed by atoms with Crippen LogP contribution >= 0.6 is 0 Å². The highest BCUT2D eigenvalue weighted by Gasteiger charge is 2.28. The summed E-state index contributed by atoms with van der Waals surface area (Å²) in [6.07, 6.45) is 1.26. The molecule has 102 valence electrons. The van der Waals surface area contributed by atoms with Gasteiger partial charge in [-0.3, -0.25) is 9.59 Å². The minimum atomic E-state index is -0.831. The number of carboxylic acids is 1. The van der Waals surface area contributed by atoms with Gasteiger partial charge in [-0.1, -0.05) is 0 Å². The Balaban J connectivity index is 2.23. The van der Waals surface area contributed by atoms with Gasteiger partial charge in [-0.25, -0.2) is 4.79 Å². The number of urea groups is 1. The number of carbonyl (C=O) groups is 3. The molecule has 0 aromatic rings. The van der Waals surface area contributed by atoms with Gasteiger partial charge in [0.15, 0.2) is 0 Å². The second-order valence-electron chi connectivity index (χ2n) is 4.24. The van der Waals surface area contributed by atoms with Gasteiger partial charge >= 0.3 is 12.0 Å². The average Bonchev–Trinajstić information content (AvgIpc) is 2.31. The van der Waals surface area contributed by atoms with Gasteiger partial charge in [0.05, 0.1) is 0 Å². The summed E-state index contributed by atoms with van der Waals surface area (Å²) in [5.41, 5.74) is 0. The van der Waals surface area contributed by atoms with Crippen LogP contribution in [0.25, 0.3) is 0 Å². The van der Waals surface area contributed by atoms with E-state index in [0.717, 1.165) is 0 Å². The Morgan fingerprint density at radius 3 is 2.89 bits per heavy atom. The number of piperazine rings is 1. The van der Waals surface area contributed by atoms with E-state index in [1.54, 1.807) is 6.92 Å². The monoisotopic (exact) mass is 257 g/mol. The lowest BCUT2D eigenvalue weighted by Gasteiger charge is -2.32. The SMILES string of the molecule is CC1C(=O)NCCN1C(=O)NCCCCC(=O)O. The van der Waals surface area contributed by atoms with Crippen molar-refractivity contribution >= 4 is 17.9 Å². The van der Waals surface area contributed by atoms with Crippen molar-refractivity contribution in [3.63, 3.8) is 0 Å². The number of carboxylic acid groups (broad SMARTS) is 1. The Morgan fingerprint density at radius 1 is 1.50 bits per heavy atom. The van der Waals surface area contributed by atoms with Gasteiger partial charge in [-0.2, -0.15) is 0 Å². The standard InChI is InChI=1S/C11H19N3O4/c1-8-10(17)12-6-7-14(8)11(18)13-5-3-2-4-9(15)16/h8H,2-7H2,1H3,(H,12,17)(H,13,18)(H,15,16). The first-order chi connectivity index (χ1) is 8.52. The van der Waals surface area contributed by atoms with E-state index in [2.05, 4.69) is 10.6 Å². The first-order valence-corrected chi connectivity index (χ1v) is 6.06. The van der Waals surface area contributed by atoms with Gasteiger partial charge in [0.2, 0.25) is 5.91 Å². The van der Waals surface area contributed by atoms with E-state index in [-0.39, 0.29) is 18.4 Å². The molecule has 7 heteroatoms. The minimum Gasteiger partial charge on any atom is -0.481 e. The number of hydrogen-bond acceptors (Lipinski definition) is 3. The van der Waals surface area contributed by atoms with Crippen LogP contribution in [0, 0.1) is 0 Å². The van der Waals surface area contributed by atoms with Crippen LogP contribution in [0.1, 0.15) is 26.2 Å². The van der Waals surface area contributed by atoms with Crippen LogP contribution in [-0.2, 0) is 9.59 Å². The number of rotatable bonds is 5. The Morgan fingerprint density at radius 2 is 2.22 bits per heavy atom. The van der Waals surface area contributed by atoms with Crippen molar-refractivity contribution in [1.82, 2.24) is 15.5 Å². The predicted octanol–water partition coefficient (Wildman–Crippen LogP) is -0.229. The third-order valence-corrected chi connectivity index (χ3v) is 2.85. The molecule has 3 N–H and O–H groups in total. The molecule has 1 saturated heterocycles. The van der Waals surface area contributed by atoms with Crippen LogP contribution in [0.15, 0.2) is 0 Å². The van der Waals surface area contributed by atoms with E-state index < -0.39 is 12.0 Å². The predicted molar refractivity (Wildman–Crippen MR) is 64.1 cm³/mol. The second kappa shape index (κ2) is 6.83. The van der Waals surface area contributed by atoms with Crippen molar-refractivity contribution in [2.45, 2.75) is 32.2 Å². The first-order valence-electron chi connectivity index (χ1n) is 6.06. The van der Waals surface area contributed by atoms with Crippen LogP contribution in [0.4, 0.5) is 4.79 Å². The second-order valence-corrected chi connectivity index (χ2v) is 4.24. The molecule has 1 fully saturated rings. The highest BCUT2D eigenvalue weighted by Crippen LogP contribution is 2.04. The summed E-state index contributed by atoms with van der Waals surface area (Å²) in [6.45, 7) is 3.07. The minimum absolute atomic E-state index is 0.110. The molecule has 0 bridgehead atoms. The molecule has 0 aromatic carbocycles. The van der Waals surface area contributed by atoms with Crippen molar-refractivity contribution in [2.24, 2.45) is 0 Å². The largest absolute Gasteiger partial charge is 0.481 e. The fraction of sp³-hybridized carbons (Fsp3) is 0.727. The van der Waals surface area contributed by atoms with Gasteiger partial charge in [-0.15, -0.1) is 0 Å². The molecule has 0 aliphatic carbocycles. The highest BCUT2D eigenvalue weighted by atomic mass is 16.4. The summed E-state index contributed by atoms with van der Waals surface area (Å²) < 4.78 is 0. The zero-order chi connectivity index (χ0) is 13.5. The molecule has 18 heavy (non-hydrogen) atoms. The lowest BCUT2D eigenvalue weighted by molar-refractivity contribution is -0.137. The quantitative estimate of drug-likeness (QED) is 0.592. The molecule has 0 saturated carbocycles. The lowest BCUT2D eigenvalue weighted by atomic mass is 10.2. The first kappa shape index (κ1) is 14.3. The Hall–Kier alpha value is -1.79. The van der Waals surface area contributed by atoms with E-state index in [1.807, 2.05) is 0 Å². The molecular formula is C11H19N3O4. The highest BCUT2D eigenvalue weighted by molar-refractivity contribution is 5.87. The number of nitrogens with one attached hydrogen (secondary N) is 2. The summed E-state index contributed by atoms with van der Waals surface area (Å²) in [5, 5.41) is 13.8. The van der Waals surface area contributed by atoms with Crippen molar-refractivity contribution in [2.75, 3.05) is 19.6 Å². The van der Waals surface area contributed by atoms with E-state index in [4.69, 9.17) is 5.11 Å². The van der Waals surface area contributed by atoms with E-state index in [0.29, 0.717) is 32.5 Å². The van der Waals surface area contributed by atoms with E-state index in [1.165, 1.54) is 4.90 Å². The third-order valence-electron chi connectivity index (χ3n) is 2.85. The molecule has 1 unspecified atom stereocenters. The van der Waals surface area contributed by atoms with Gasteiger partial charge in [0.1, 0.15) is 6.04 Å². The van der Waals surface area contributed by atoms with Crippen LogP contribution in [0.5, 0.6) is 0 Å². The molecule has 0 aromatic heterocycles. The summed E-state index contributed by atoms with van der Waals surface area (Å²) in [4.78, 5) is 34.9. The molecule has 1 aliphatic heterocycles. The summed E-state index contributed by atoms with van der Waals surface area (Å²) in [7, 11) is 0. The number of hydrogen-bond donors (Lipinski definition) is 3. The summed E-state index contributed by atoms with van der Waals surface area (Å²) in [5.74, 6) is -0.982. The van der Waals surface area contributed by atoms with Crippen LogP contribution in [0.3, 0.4) is 0 Å². The molecule has 0 radical (unpaired) electrons. The van der Waals surface area contributed by atoms with Crippen LogP contribution in [-0.4, -0.2) is 53.6 Å². The molecule has 1 aliphatic rings. The molecule has 1 rings (SSSR count). The number of carbonyl (C=O) groups excluding carboxylic acids is 2. The van der Waals surface area contributed by atoms with Gasteiger partial charge in [0, 0.05) is 26.1 Å². The van der Waals surface area contributed by atoms with Crippen LogP contribution in [0.2, 0.25) is 0 Å². The zero-order valence-corrected chi connectivity index (χ0v) is 10.4. The number of aliphatic carboxylic acids is 1. The van der Waals surface area contributed by atoms with Crippen molar-refractivity contribution in [3.8, 4) is 0 Å². The number of nitrogens with zero attached hydrogens (tertiary/aromatic N) is 1.